The van der Waals surface area contributed by atoms with E-state index in [1.165, 1.54) is 24.3 Å². The van der Waals surface area contributed by atoms with Crippen LogP contribution in [0.2, 0.25) is 5.02 Å². The highest BCUT2D eigenvalue weighted by atomic mass is 35.5. The van der Waals surface area contributed by atoms with Crippen molar-refractivity contribution in [3.63, 3.8) is 0 Å². The number of hydrogen-bond acceptors (Lipinski definition) is 3. The van der Waals surface area contributed by atoms with Gasteiger partial charge in [-0.2, -0.15) is 0 Å². The molecule has 2 aromatic rings. The zero-order chi connectivity index (χ0) is 16.7. The molecule has 0 aliphatic heterocycles. The van der Waals surface area contributed by atoms with Crippen LogP contribution in [0.4, 0.5) is 4.39 Å². The zero-order valence-electron chi connectivity index (χ0n) is 12.6. The zero-order valence-corrected chi connectivity index (χ0v) is 14.2. The fraction of sp³-hybridized carbons (Fsp3) is 0.235. The summed E-state index contributed by atoms with van der Waals surface area (Å²) in [6, 6.07) is 13.1. The standard InChI is InChI=1S/C17H17ClFNO2S/c1-12(22-15-6-4-14(19)5-7-15)17(21)20-10-11-23-16-8-2-13(18)3-9-16/h2-9,12H,10-11H2,1H3,(H,20,21)/t12-/m0/s1. The van der Waals surface area contributed by atoms with Gasteiger partial charge < -0.3 is 10.1 Å². The van der Waals surface area contributed by atoms with Crippen LogP contribution in [0.5, 0.6) is 5.75 Å². The Morgan fingerprint density at radius 1 is 1.22 bits per heavy atom. The largest absolute Gasteiger partial charge is 0.481 e. The molecule has 0 bridgehead atoms. The average Bonchev–Trinajstić information content (AvgIpc) is 2.55. The maximum atomic E-state index is 12.8. The topological polar surface area (TPSA) is 38.3 Å². The molecule has 1 atom stereocenters. The molecule has 0 aliphatic rings. The maximum Gasteiger partial charge on any atom is 0.260 e. The third kappa shape index (κ3) is 6.12. The Balaban J connectivity index is 1.69. The van der Waals surface area contributed by atoms with Gasteiger partial charge in [-0.05, 0) is 55.5 Å². The van der Waals surface area contributed by atoms with Crippen molar-refractivity contribution in [2.45, 2.75) is 17.9 Å². The van der Waals surface area contributed by atoms with Crippen molar-refractivity contribution >= 4 is 29.3 Å². The summed E-state index contributed by atoms with van der Waals surface area (Å²) >= 11 is 7.46. The van der Waals surface area contributed by atoms with E-state index in [1.54, 1.807) is 18.7 Å². The maximum absolute atomic E-state index is 12.8. The molecular weight excluding hydrogens is 337 g/mol. The minimum absolute atomic E-state index is 0.203. The van der Waals surface area contributed by atoms with Crippen molar-refractivity contribution in [1.29, 1.82) is 0 Å². The molecule has 0 saturated heterocycles. The first kappa shape index (κ1) is 17.6. The highest BCUT2D eigenvalue weighted by molar-refractivity contribution is 7.99. The molecule has 0 radical (unpaired) electrons. The van der Waals surface area contributed by atoms with E-state index in [-0.39, 0.29) is 11.7 Å². The van der Waals surface area contributed by atoms with Gasteiger partial charge in [0.2, 0.25) is 0 Å². The highest BCUT2D eigenvalue weighted by Crippen LogP contribution is 2.19. The second-order valence-electron chi connectivity index (χ2n) is 4.81. The Morgan fingerprint density at radius 2 is 1.87 bits per heavy atom. The number of thioether (sulfide) groups is 1. The molecule has 122 valence electrons. The van der Waals surface area contributed by atoms with Crippen LogP contribution in [-0.4, -0.2) is 24.3 Å². The van der Waals surface area contributed by atoms with Gasteiger partial charge >= 0.3 is 0 Å². The van der Waals surface area contributed by atoms with E-state index in [4.69, 9.17) is 16.3 Å². The van der Waals surface area contributed by atoms with Crippen molar-refractivity contribution in [3.05, 3.63) is 59.4 Å². The first-order chi connectivity index (χ1) is 11.0. The predicted octanol–water partition coefficient (Wildman–Crippen LogP) is 4.15. The molecule has 0 aliphatic carbocycles. The number of halogens is 2. The van der Waals surface area contributed by atoms with Gasteiger partial charge in [-0.25, -0.2) is 4.39 Å². The summed E-state index contributed by atoms with van der Waals surface area (Å²) in [5, 5.41) is 3.51. The quantitative estimate of drug-likeness (QED) is 0.600. The van der Waals surface area contributed by atoms with E-state index in [0.29, 0.717) is 17.3 Å². The Morgan fingerprint density at radius 3 is 2.52 bits per heavy atom. The number of carbonyl (C=O) groups is 1. The molecule has 2 rings (SSSR count). The Bertz CT molecular complexity index is 634. The Kier molecular flexibility index (Phi) is 6.74. The van der Waals surface area contributed by atoms with E-state index >= 15 is 0 Å². The smallest absolute Gasteiger partial charge is 0.260 e. The number of carbonyl (C=O) groups excluding carboxylic acids is 1. The number of hydrogen-bond donors (Lipinski definition) is 1. The van der Waals surface area contributed by atoms with Gasteiger partial charge in [0.15, 0.2) is 6.10 Å². The van der Waals surface area contributed by atoms with E-state index in [2.05, 4.69) is 5.32 Å². The van der Waals surface area contributed by atoms with Crippen molar-refractivity contribution < 1.29 is 13.9 Å². The summed E-state index contributed by atoms with van der Waals surface area (Å²) < 4.78 is 18.3. The van der Waals surface area contributed by atoms with E-state index < -0.39 is 6.10 Å². The minimum Gasteiger partial charge on any atom is -0.481 e. The molecule has 1 amide bonds. The second kappa shape index (κ2) is 8.79. The van der Waals surface area contributed by atoms with Gasteiger partial charge in [0.25, 0.3) is 5.91 Å². The van der Waals surface area contributed by atoms with Crippen molar-refractivity contribution in [2.75, 3.05) is 12.3 Å². The summed E-state index contributed by atoms with van der Waals surface area (Å²) in [5.41, 5.74) is 0. The van der Waals surface area contributed by atoms with Gasteiger partial charge in [0, 0.05) is 22.2 Å². The second-order valence-corrected chi connectivity index (χ2v) is 6.41. The van der Waals surface area contributed by atoms with Crippen molar-refractivity contribution in [2.24, 2.45) is 0 Å². The first-order valence-corrected chi connectivity index (χ1v) is 8.49. The third-order valence-corrected chi connectivity index (χ3v) is 4.25. The SMILES string of the molecule is C[C@H](Oc1ccc(F)cc1)C(=O)NCCSc1ccc(Cl)cc1. The van der Waals surface area contributed by atoms with E-state index in [0.717, 1.165) is 10.6 Å². The van der Waals surface area contributed by atoms with E-state index in [9.17, 15) is 9.18 Å². The Hall–Kier alpha value is -1.72. The highest BCUT2D eigenvalue weighted by Gasteiger charge is 2.13. The predicted molar refractivity (Wildman–Crippen MR) is 91.7 cm³/mol. The average molecular weight is 354 g/mol. The van der Waals surface area contributed by atoms with Gasteiger partial charge in [-0.1, -0.05) is 11.6 Å². The van der Waals surface area contributed by atoms with Crippen LogP contribution in [0.25, 0.3) is 0 Å². The normalized spacial score (nSPS) is 11.8. The lowest BCUT2D eigenvalue weighted by Crippen LogP contribution is -2.37. The van der Waals surface area contributed by atoms with Gasteiger partial charge in [0.1, 0.15) is 11.6 Å². The lowest BCUT2D eigenvalue weighted by atomic mass is 10.3. The number of benzene rings is 2. The monoisotopic (exact) mass is 353 g/mol. The molecule has 0 saturated carbocycles. The lowest BCUT2D eigenvalue weighted by Gasteiger charge is -2.14. The van der Waals surface area contributed by atoms with Crippen LogP contribution in [0.3, 0.4) is 0 Å². The molecule has 23 heavy (non-hydrogen) atoms. The number of ether oxygens (including phenoxy) is 1. The lowest BCUT2D eigenvalue weighted by molar-refractivity contribution is -0.127. The van der Waals surface area contributed by atoms with Crippen molar-refractivity contribution in [3.8, 4) is 5.75 Å². The Labute approximate surface area is 144 Å². The summed E-state index contributed by atoms with van der Waals surface area (Å²) in [5.74, 6) is 0.667. The fourth-order valence-corrected chi connectivity index (χ4v) is 2.68. The summed E-state index contributed by atoms with van der Waals surface area (Å²) in [4.78, 5) is 13.0. The molecule has 3 nitrogen and oxygen atoms in total. The molecule has 1 N–H and O–H groups in total. The van der Waals surface area contributed by atoms with Gasteiger partial charge in [-0.15, -0.1) is 11.8 Å². The number of amides is 1. The summed E-state index contributed by atoms with van der Waals surface area (Å²) in [6.45, 7) is 2.19. The minimum atomic E-state index is -0.638. The molecule has 0 unspecified atom stereocenters. The van der Waals surface area contributed by atoms with Gasteiger partial charge in [-0.3, -0.25) is 4.79 Å². The van der Waals surface area contributed by atoms with E-state index in [1.807, 2.05) is 24.3 Å². The molecule has 2 aromatic carbocycles. The molecule has 0 fully saturated rings. The third-order valence-electron chi connectivity index (χ3n) is 2.98. The number of nitrogens with one attached hydrogen (secondary N) is 1. The van der Waals surface area contributed by atoms with Crippen LogP contribution in [-0.2, 0) is 4.79 Å². The van der Waals surface area contributed by atoms with Crippen molar-refractivity contribution in [1.82, 2.24) is 5.32 Å². The molecule has 0 spiro atoms. The van der Waals surface area contributed by atoms with Crippen LogP contribution in [0.1, 0.15) is 6.92 Å². The summed E-state index contributed by atoms with van der Waals surface area (Å²) in [6.07, 6.45) is -0.638. The molecule has 0 aromatic heterocycles. The first-order valence-electron chi connectivity index (χ1n) is 7.13. The van der Waals surface area contributed by atoms with Crippen LogP contribution in [0, 0.1) is 5.82 Å². The summed E-state index contributed by atoms with van der Waals surface area (Å²) in [7, 11) is 0. The fourth-order valence-electron chi connectivity index (χ4n) is 1.79. The number of rotatable bonds is 7. The van der Waals surface area contributed by atoms with Crippen LogP contribution in [0.15, 0.2) is 53.4 Å². The molecular formula is C17H17ClFNO2S. The van der Waals surface area contributed by atoms with Gasteiger partial charge in [0.05, 0.1) is 0 Å². The van der Waals surface area contributed by atoms with Crippen LogP contribution < -0.4 is 10.1 Å². The molecule has 6 heteroatoms. The van der Waals surface area contributed by atoms with Crippen LogP contribution >= 0.6 is 23.4 Å². The molecule has 0 heterocycles.